The molecule has 0 saturated carbocycles. The molecule has 0 aromatic heterocycles. The Morgan fingerprint density at radius 1 is 0.815 bits per heavy atom. The van der Waals surface area contributed by atoms with E-state index in [9.17, 15) is 0 Å². The van der Waals surface area contributed by atoms with Crippen LogP contribution in [0.5, 0.6) is 5.75 Å². The molecule has 3 aromatic rings. The Balaban J connectivity index is 2.11. The molecule has 0 fully saturated rings. The van der Waals surface area contributed by atoms with Gasteiger partial charge < -0.3 is 4.74 Å². The smallest absolute Gasteiger partial charge is 0.131 e. The van der Waals surface area contributed by atoms with Crippen molar-refractivity contribution in [2.45, 2.75) is 65.9 Å². The summed E-state index contributed by atoms with van der Waals surface area (Å²) in [5.74, 6) is 1.04. The number of ether oxygens (including phenoxy) is 1. The summed E-state index contributed by atoms with van der Waals surface area (Å²) in [6.07, 6.45) is 4.95. The molecule has 0 atom stereocenters. The molecule has 0 N–H and O–H groups in total. The molecule has 1 heteroatoms. The maximum absolute atomic E-state index is 6.57. The van der Waals surface area contributed by atoms with Gasteiger partial charge in [-0.1, -0.05) is 36.4 Å². The van der Waals surface area contributed by atoms with Crippen LogP contribution in [0.3, 0.4) is 0 Å². The lowest BCUT2D eigenvalue weighted by atomic mass is 9.81. The Labute approximate surface area is 163 Å². The molecule has 0 amide bonds. The fourth-order valence-corrected chi connectivity index (χ4v) is 4.45. The molecule has 27 heavy (non-hydrogen) atoms. The Hall–Kier alpha value is -2.28. The van der Waals surface area contributed by atoms with E-state index in [1.165, 1.54) is 69.8 Å². The van der Waals surface area contributed by atoms with Crippen molar-refractivity contribution < 1.29 is 4.74 Å². The molecule has 4 rings (SSSR count). The van der Waals surface area contributed by atoms with Crippen molar-refractivity contribution >= 4 is 10.8 Å². The highest BCUT2D eigenvalue weighted by Gasteiger charge is 2.24. The zero-order chi connectivity index (χ0) is 19.2. The first-order chi connectivity index (χ1) is 12.8. The van der Waals surface area contributed by atoms with Crippen LogP contribution in [-0.2, 0) is 12.8 Å². The molecule has 1 aliphatic rings. The van der Waals surface area contributed by atoms with Crippen molar-refractivity contribution in [3.63, 3.8) is 0 Å². The molecule has 0 unspecified atom stereocenters. The second kappa shape index (κ2) is 6.71. The third-order valence-corrected chi connectivity index (χ3v) is 5.59. The summed E-state index contributed by atoms with van der Waals surface area (Å²) in [5.41, 5.74) is 8.09. The molecule has 140 valence electrons. The summed E-state index contributed by atoms with van der Waals surface area (Å²) in [4.78, 5) is 0. The minimum atomic E-state index is -0.231. The molecule has 3 aromatic carbocycles. The van der Waals surface area contributed by atoms with Crippen molar-refractivity contribution in [2.24, 2.45) is 0 Å². The van der Waals surface area contributed by atoms with Gasteiger partial charge in [-0.15, -0.1) is 0 Å². The van der Waals surface area contributed by atoms with Crippen molar-refractivity contribution in [2.75, 3.05) is 0 Å². The van der Waals surface area contributed by atoms with E-state index < -0.39 is 0 Å². The van der Waals surface area contributed by atoms with Gasteiger partial charge in [-0.2, -0.15) is 0 Å². The standard InChI is InChI=1S/C26H30O/c1-17-14-15-19-10-6-8-12-21(19)23(17)24-22-13-9-7-11-20(22)16-18(2)25(24)27-26(3,4)5/h7,9,11,13-16H,6,8,10,12H2,1-5H3. The number of hydrogen-bond acceptors (Lipinski definition) is 1. The molecule has 0 heterocycles. The van der Waals surface area contributed by atoms with E-state index in [0.717, 1.165) is 5.75 Å². The predicted molar refractivity (Wildman–Crippen MR) is 116 cm³/mol. The average molecular weight is 359 g/mol. The summed E-state index contributed by atoms with van der Waals surface area (Å²) >= 11 is 0. The zero-order valence-electron chi connectivity index (χ0n) is 17.3. The van der Waals surface area contributed by atoms with Crippen LogP contribution in [0.2, 0.25) is 0 Å². The Kier molecular flexibility index (Phi) is 4.50. The van der Waals surface area contributed by atoms with Gasteiger partial charge in [0.25, 0.3) is 0 Å². The molecule has 1 nitrogen and oxygen atoms in total. The average Bonchev–Trinajstić information content (AvgIpc) is 2.62. The fraction of sp³-hybridized carbons (Fsp3) is 0.385. The van der Waals surface area contributed by atoms with E-state index in [4.69, 9.17) is 4.74 Å². The predicted octanol–water partition coefficient (Wildman–Crippen LogP) is 7.18. The van der Waals surface area contributed by atoms with E-state index in [0.29, 0.717) is 0 Å². The second-order valence-electron chi connectivity index (χ2n) is 8.94. The zero-order valence-corrected chi connectivity index (χ0v) is 17.3. The highest BCUT2D eigenvalue weighted by atomic mass is 16.5. The van der Waals surface area contributed by atoms with Crippen LogP contribution in [-0.4, -0.2) is 5.60 Å². The van der Waals surface area contributed by atoms with Crippen molar-refractivity contribution in [1.29, 1.82) is 0 Å². The first-order valence-electron chi connectivity index (χ1n) is 10.2. The van der Waals surface area contributed by atoms with E-state index in [2.05, 4.69) is 77.1 Å². The van der Waals surface area contributed by atoms with Gasteiger partial charge in [0.2, 0.25) is 0 Å². The van der Waals surface area contributed by atoms with Crippen LogP contribution < -0.4 is 4.74 Å². The van der Waals surface area contributed by atoms with Crippen molar-refractivity contribution in [3.8, 4) is 16.9 Å². The van der Waals surface area contributed by atoms with Crippen LogP contribution in [0, 0.1) is 13.8 Å². The first kappa shape index (κ1) is 18.1. The van der Waals surface area contributed by atoms with Gasteiger partial charge in [0.15, 0.2) is 0 Å². The van der Waals surface area contributed by atoms with Gasteiger partial charge >= 0.3 is 0 Å². The highest BCUT2D eigenvalue weighted by molar-refractivity contribution is 6.02. The number of benzene rings is 3. The second-order valence-corrected chi connectivity index (χ2v) is 8.94. The minimum Gasteiger partial charge on any atom is -0.487 e. The van der Waals surface area contributed by atoms with Gasteiger partial charge in [0.05, 0.1) is 0 Å². The molecule has 1 aliphatic carbocycles. The molecule has 0 radical (unpaired) electrons. The van der Waals surface area contributed by atoms with Crippen LogP contribution in [0.15, 0.2) is 42.5 Å². The maximum atomic E-state index is 6.57. The Morgan fingerprint density at radius 2 is 1.56 bits per heavy atom. The summed E-state index contributed by atoms with van der Waals surface area (Å²) in [7, 11) is 0. The Bertz CT molecular complexity index is 1000. The Morgan fingerprint density at radius 3 is 2.33 bits per heavy atom. The third kappa shape index (κ3) is 3.36. The molecular formula is C26H30O. The van der Waals surface area contributed by atoms with Gasteiger partial charge in [-0.05, 0) is 105 Å². The highest BCUT2D eigenvalue weighted by Crippen LogP contribution is 2.45. The van der Waals surface area contributed by atoms with Gasteiger partial charge in [0.1, 0.15) is 11.4 Å². The molecule has 0 saturated heterocycles. The summed E-state index contributed by atoms with van der Waals surface area (Å²) in [6.45, 7) is 10.8. The van der Waals surface area contributed by atoms with E-state index >= 15 is 0 Å². The largest absolute Gasteiger partial charge is 0.487 e. The third-order valence-electron chi connectivity index (χ3n) is 5.59. The lowest BCUT2D eigenvalue weighted by molar-refractivity contribution is 0.131. The van der Waals surface area contributed by atoms with Crippen LogP contribution >= 0.6 is 0 Å². The van der Waals surface area contributed by atoms with Crippen LogP contribution in [0.1, 0.15) is 55.9 Å². The van der Waals surface area contributed by atoms with E-state index in [1.807, 2.05) is 0 Å². The fourth-order valence-electron chi connectivity index (χ4n) is 4.45. The molecule has 0 bridgehead atoms. The maximum Gasteiger partial charge on any atom is 0.131 e. The van der Waals surface area contributed by atoms with Gasteiger partial charge in [0, 0.05) is 5.56 Å². The van der Waals surface area contributed by atoms with Gasteiger partial charge in [-0.3, -0.25) is 0 Å². The topological polar surface area (TPSA) is 9.23 Å². The van der Waals surface area contributed by atoms with Crippen LogP contribution in [0.25, 0.3) is 21.9 Å². The summed E-state index contributed by atoms with van der Waals surface area (Å²) in [5, 5.41) is 2.59. The number of rotatable bonds is 2. The number of hydrogen-bond donors (Lipinski definition) is 0. The van der Waals surface area contributed by atoms with Crippen LogP contribution in [0.4, 0.5) is 0 Å². The SMILES string of the molecule is Cc1cc2ccccc2c(-c2c(C)ccc3c2CCCC3)c1OC(C)(C)C. The summed E-state index contributed by atoms with van der Waals surface area (Å²) in [6, 6.07) is 15.7. The first-order valence-corrected chi connectivity index (χ1v) is 10.2. The molecular weight excluding hydrogens is 328 g/mol. The van der Waals surface area contributed by atoms with Crippen molar-refractivity contribution in [3.05, 3.63) is 64.7 Å². The lowest BCUT2D eigenvalue weighted by Crippen LogP contribution is -2.24. The van der Waals surface area contributed by atoms with E-state index in [1.54, 1.807) is 0 Å². The van der Waals surface area contributed by atoms with E-state index in [-0.39, 0.29) is 5.60 Å². The van der Waals surface area contributed by atoms with Gasteiger partial charge in [-0.25, -0.2) is 0 Å². The summed E-state index contributed by atoms with van der Waals surface area (Å²) < 4.78 is 6.57. The van der Waals surface area contributed by atoms with Crippen molar-refractivity contribution in [1.82, 2.24) is 0 Å². The number of aryl methyl sites for hydroxylation is 3. The molecule has 0 spiro atoms. The quantitative estimate of drug-likeness (QED) is 0.471. The normalized spacial score (nSPS) is 14.3. The minimum absolute atomic E-state index is 0.231. The molecule has 0 aliphatic heterocycles. The lowest BCUT2D eigenvalue weighted by Gasteiger charge is -2.29. The number of fused-ring (bicyclic) bond motifs is 2. The monoisotopic (exact) mass is 358 g/mol.